The molecule has 5 heteroatoms. The minimum atomic E-state index is 0.363. The van der Waals surface area contributed by atoms with Crippen molar-refractivity contribution in [1.82, 2.24) is 5.16 Å². The quantitative estimate of drug-likeness (QED) is 0.708. The van der Waals surface area contributed by atoms with E-state index in [0.29, 0.717) is 16.6 Å². The Labute approximate surface area is 129 Å². The van der Waals surface area contributed by atoms with Crippen LogP contribution in [0.1, 0.15) is 0 Å². The molecule has 0 spiro atoms. The van der Waals surface area contributed by atoms with Crippen molar-refractivity contribution in [2.24, 2.45) is 0 Å². The lowest BCUT2D eigenvalue weighted by Crippen LogP contribution is -1.88. The number of aromatic nitrogens is 1. The van der Waals surface area contributed by atoms with Gasteiger partial charge in [0.1, 0.15) is 0 Å². The van der Waals surface area contributed by atoms with Gasteiger partial charge in [-0.3, -0.25) is 0 Å². The number of halogens is 2. The first kappa shape index (κ1) is 13.2. The summed E-state index contributed by atoms with van der Waals surface area (Å²) in [6.07, 6.45) is 0. The third kappa shape index (κ3) is 2.44. The second-order valence-corrected chi connectivity index (χ2v) is 5.65. The van der Waals surface area contributed by atoms with Gasteiger partial charge in [-0.05, 0) is 23.8 Å². The van der Waals surface area contributed by atoms with Gasteiger partial charge in [0.2, 0.25) is 0 Å². The van der Waals surface area contributed by atoms with Crippen molar-refractivity contribution in [3.63, 3.8) is 0 Å². The van der Waals surface area contributed by atoms with Gasteiger partial charge in [0, 0.05) is 15.1 Å². The highest BCUT2D eigenvalue weighted by Gasteiger charge is 2.18. The summed E-state index contributed by atoms with van der Waals surface area (Å²) in [4.78, 5) is 0. The molecule has 3 aromatic rings. The molecule has 0 saturated heterocycles. The van der Waals surface area contributed by atoms with Crippen LogP contribution in [0.25, 0.3) is 22.5 Å². The van der Waals surface area contributed by atoms with Gasteiger partial charge in [-0.15, -0.1) is 0 Å². The second-order valence-electron chi connectivity index (χ2n) is 4.30. The van der Waals surface area contributed by atoms with Crippen LogP contribution in [0.2, 0.25) is 5.02 Å². The van der Waals surface area contributed by atoms with E-state index < -0.39 is 0 Å². The summed E-state index contributed by atoms with van der Waals surface area (Å²) in [5.41, 5.74) is 8.50. The van der Waals surface area contributed by atoms with E-state index in [1.807, 2.05) is 48.5 Å². The summed E-state index contributed by atoms with van der Waals surface area (Å²) in [7, 11) is 0. The lowest BCUT2D eigenvalue weighted by atomic mass is 10.0. The standard InChI is InChI=1S/C15H10BrClN2O/c16-11-6-10(7-12(17)8-11)14-13(15(18)19-20-14)9-4-2-1-3-5-9/h1-8H,(H2,18,19). The van der Waals surface area contributed by atoms with Gasteiger partial charge in [0.25, 0.3) is 0 Å². The Morgan fingerprint density at radius 1 is 1.05 bits per heavy atom. The molecule has 2 N–H and O–H groups in total. The molecule has 1 heterocycles. The van der Waals surface area contributed by atoms with Crippen molar-refractivity contribution >= 4 is 33.3 Å². The van der Waals surface area contributed by atoms with Crippen LogP contribution in [-0.2, 0) is 0 Å². The maximum atomic E-state index is 6.08. The third-order valence-electron chi connectivity index (χ3n) is 2.91. The highest BCUT2D eigenvalue weighted by atomic mass is 79.9. The smallest absolute Gasteiger partial charge is 0.177 e. The van der Waals surface area contributed by atoms with Crippen LogP contribution in [0.5, 0.6) is 0 Å². The monoisotopic (exact) mass is 348 g/mol. The van der Waals surface area contributed by atoms with E-state index >= 15 is 0 Å². The van der Waals surface area contributed by atoms with Gasteiger partial charge in [0.05, 0.1) is 5.56 Å². The number of nitrogens with zero attached hydrogens (tertiary/aromatic N) is 1. The van der Waals surface area contributed by atoms with Crippen LogP contribution < -0.4 is 5.73 Å². The van der Waals surface area contributed by atoms with Crippen LogP contribution >= 0.6 is 27.5 Å². The van der Waals surface area contributed by atoms with Crippen molar-refractivity contribution in [2.45, 2.75) is 0 Å². The van der Waals surface area contributed by atoms with Crippen molar-refractivity contribution in [3.8, 4) is 22.5 Å². The molecule has 0 saturated carbocycles. The average Bonchev–Trinajstić information content (AvgIpc) is 2.80. The zero-order valence-corrected chi connectivity index (χ0v) is 12.6. The number of nitrogen functional groups attached to an aromatic ring is 1. The Kier molecular flexibility index (Phi) is 3.51. The molecule has 0 bridgehead atoms. The van der Waals surface area contributed by atoms with Gasteiger partial charge < -0.3 is 10.3 Å². The van der Waals surface area contributed by atoms with E-state index in [9.17, 15) is 0 Å². The Morgan fingerprint density at radius 3 is 2.50 bits per heavy atom. The van der Waals surface area contributed by atoms with E-state index in [1.165, 1.54) is 0 Å². The predicted molar refractivity (Wildman–Crippen MR) is 84.5 cm³/mol. The Morgan fingerprint density at radius 2 is 1.80 bits per heavy atom. The Bertz CT molecular complexity index is 736. The van der Waals surface area contributed by atoms with Crippen molar-refractivity contribution in [3.05, 3.63) is 58.0 Å². The fourth-order valence-electron chi connectivity index (χ4n) is 2.07. The fourth-order valence-corrected chi connectivity index (χ4v) is 2.93. The Hall–Kier alpha value is -1.78. The van der Waals surface area contributed by atoms with Crippen molar-refractivity contribution < 1.29 is 4.52 Å². The molecular weight excluding hydrogens is 340 g/mol. The fraction of sp³-hybridized carbons (Fsp3) is 0. The van der Waals surface area contributed by atoms with Gasteiger partial charge in [-0.1, -0.05) is 63.0 Å². The van der Waals surface area contributed by atoms with Crippen LogP contribution in [-0.4, -0.2) is 5.16 Å². The Balaban J connectivity index is 2.21. The van der Waals surface area contributed by atoms with Gasteiger partial charge in [0.15, 0.2) is 11.6 Å². The van der Waals surface area contributed by atoms with E-state index in [2.05, 4.69) is 21.1 Å². The van der Waals surface area contributed by atoms with Crippen LogP contribution in [0.3, 0.4) is 0 Å². The average molecular weight is 350 g/mol. The summed E-state index contributed by atoms with van der Waals surface area (Å²) in [6.45, 7) is 0. The number of hydrogen-bond donors (Lipinski definition) is 1. The summed E-state index contributed by atoms with van der Waals surface area (Å²) < 4.78 is 6.26. The zero-order valence-electron chi connectivity index (χ0n) is 10.3. The molecule has 100 valence electrons. The number of hydrogen-bond acceptors (Lipinski definition) is 3. The third-order valence-corrected chi connectivity index (χ3v) is 3.58. The molecular formula is C15H10BrClN2O. The van der Waals surface area contributed by atoms with Gasteiger partial charge in [-0.2, -0.15) is 0 Å². The lowest BCUT2D eigenvalue weighted by molar-refractivity contribution is 0.436. The lowest BCUT2D eigenvalue weighted by Gasteiger charge is -2.04. The topological polar surface area (TPSA) is 52.0 Å². The molecule has 3 nitrogen and oxygen atoms in total. The van der Waals surface area contributed by atoms with Crippen molar-refractivity contribution in [2.75, 3.05) is 5.73 Å². The first-order chi connectivity index (χ1) is 9.65. The van der Waals surface area contributed by atoms with E-state index in [0.717, 1.165) is 21.2 Å². The highest BCUT2D eigenvalue weighted by Crippen LogP contribution is 2.38. The zero-order chi connectivity index (χ0) is 14.1. The van der Waals surface area contributed by atoms with Crippen LogP contribution in [0.4, 0.5) is 5.82 Å². The first-order valence-corrected chi connectivity index (χ1v) is 7.09. The minimum Gasteiger partial charge on any atom is -0.380 e. The molecule has 0 aliphatic carbocycles. The van der Waals surface area contributed by atoms with E-state index in [-0.39, 0.29) is 0 Å². The number of benzene rings is 2. The highest BCUT2D eigenvalue weighted by molar-refractivity contribution is 9.10. The minimum absolute atomic E-state index is 0.363. The molecule has 1 aromatic heterocycles. The maximum absolute atomic E-state index is 6.08. The molecule has 0 fully saturated rings. The summed E-state index contributed by atoms with van der Waals surface area (Å²) >= 11 is 9.50. The van der Waals surface area contributed by atoms with E-state index in [4.69, 9.17) is 21.9 Å². The van der Waals surface area contributed by atoms with Crippen LogP contribution in [0.15, 0.2) is 57.5 Å². The summed E-state index contributed by atoms with van der Waals surface area (Å²) in [5.74, 6) is 0.971. The largest absolute Gasteiger partial charge is 0.380 e. The van der Waals surface area contributed by atoms with Gasteiger partial charge in [-0.25, -0.2) is 0 Å². The molecule has 2 aromatic carbocycles. The predicted octanol–water partition coefficient (Wildman–Crippen LogP) is 5.01. The number of anilines is 1. The number of rotatable bonds is 2. The van der Waals surface area contributed by atoms with Gasteiger partial charge >= 0.3 is 0 Å². The summed E-state index contributed by atoms with van der Waals surface area (Å²) in [6, 6.07) is 15.3. The second kappa shape index (κ2) is 5.31. The van der Waals surface area contributed by atoms with Crippen molar-refractivity contribution in [1.29, 1.82) is 0 Å². The van der Waals surface area contributed by atoms with Crippen LogP contribution in [0, 0.1) is 0 Å². The molecule has 3 rings (SSSR count). The number of nitrogens with two attached hydrogens (primary N) is 1. The first-order valence-electron chi connectivity index (χ1n) is 5.92. The molecule has 0 aliphatic rings. The molecule has 20 heavy (non-hydrogen) atoms. The molecule has 0 aliphatic heterocycles. The molecule has 0 unspecified atom stereocenters. The normalized spacial score (nSPS) is 10.7. The maximum Gasteiger partial charge on any atom is 0.177 e. The molecule has 0 radical (unpaired) electrons. The molecule has 0 atom stereocenters. The summed E-state index contributed by atoms with van der Waals surface area (Å²) in [5, 5.41) is 4.49. The SMILES string of the molecule is Nc1noc(-c2cc(Cl)cc(Br)c2)c1-c1ccccc1. The molecule has 0 amide bonds. The van der Waals surface area contributed by atoms with E-state index in [1.54, 1.807) is 0 Å².